The van der Waals surface area contributed by atoms with Gasteiger partial charge in [-0.2, -0.15) is 15.0 Å². The van der Waals surface area contributed by atoms with Gasteiger partial charge in [0.1, 0.15) is 0 Å². The van der Waals surface area contributed by atoms with Gasteiger partial charge in [0.15, 0.2) is 5.82 Å². The van der Waals surface area contributed by atoms with Gasteiger partial charge in [0.05, 0.1) is 29.1 Å². The third-order valence-electron chi connectivity index (χ3n) is 3.06. The number of hydrogen-bond donors (Lipinski definition) is 0. The monoisotopic (exact) mass is 311 g/mol. The lowest BCUT2D eigenvalue weighted by atomic mass is 10.3. The fraction of sp³-hybridized carbons (Fsp3) is 0.500. The summed E-state index contributed by atoms with van der Waals surface area (Å²) in [5.41, 5.74) is 0. The van der Waals surface area contributed by atoms with E-state index in [2.05, 4.69) is 31.8 Å². The highest BCUT2D eigenvalue weighted by Gasteiger charge is 2.23. The summed E-state index contributed by atoms with van der Waals surface area (Å²) in [6.45, 7) is 6.11. The minimum absolute atomic E-state index is 0.203. The highest BCUT2D eigenvalue weighted by molar-refractivity contribution is 7.14. The average Bonchev–Trinajstić information content (AvgIpc) is 2.85. The van der Waals surface area contributed by atoms with Gasteiger partial charge in [-0.15, -0.1) is 11.3 Å². The van der Waals surface area contributed by atoms with Crippen molar-refractivity contribution in [3.8, 4) is 10.7 Å². The van der Waals surface area contributed by atoms with Gasteiger partial charge in [0, 0.05) is 12.7 Å². The second-order valence-corrected chi connectivity index (χ2v) is 6.16. The number of rotatable bonds is 2. The number of hydrogen-bond acceptors (Lipinski definition) is 7. The zero-order valence-electron chi connectivity index (χ0n) is 11.2. The molecule has 0 N–H and O–H groups in total. The summed E-state index contributed by atoms with van der Waals surface area (Å²) in [7, 11) is 0. The first-order chi connectivity index (χ1) is 9.63. The first-order valence-electron chi connectivity index (χ1n) is 6.32. The zero-order chi connectivity index (χ0) is 14.1. The molecule has 8 heteroatoms. The molecule has 1 fully saturated rings. The van der Waals surface area contributed by atoms with Gasteiger partial charge in [0.25, 0.3) is 0 Å². The number of anilines is 1. The Morgan fingerprint density at radius 2 is 2.25 bits per heavy atom. The Kier molecular flexibility index (Phi) is 3.82. The Morgan fingerprint density at radius 3 is 2.95 bits per heavy atom. The van der Waals surface area contributed by atoms with Gasteiger partial charge in [-0.3, -0.25) is 0 Å². The van der Waals surface area contributed by atoms with Crippen molar-refractivity contribution in [1.29, 1.82) is 0 Å². The van der Waals surface area contributed by atoms with Crippen molar-refractivity contribution in [2.24, 2.45) is 0 Å². The second-order valence-electron chi connectivity index (χ2n) is 4.59. The van der Waals surface area contributed by atoms with Crippen molar-refractivity contribution in [2.45, 2.75) is 19.9 Å². The molecule has 2 aromatic rings. The van der Waals surface area contributed by atoms with Crippen LogP contribution in [-0.4, -0.2) is 45.7 Å². The van der Waals surface area contributed by atoms with E-state index in [0.717, 1.165) is 16.4 Å². The minimum Gasteiger partial charge on any atom is -0.377 e. The maximum absolute atomic E-state index is 6.04. The molecule has 2 aromatic heterocycles. The Bertz CT molecular complexity index is 620. The first-order valence-corrected chi connectivity index (χ1v) is 7.51. The summed E-state index contributed by atoms with van der Waals surface area (Å²) in [4.78, 5) is 20.2. The molecule has 0 aromatic carbocycles. The highest BCUT2D eigenvalue weighted by atomic mass is 35.5. The van der Waals surface area contributed by atoms with E-state index in [-0.39, 0.29) is 11.3 Å². The first kappa shape index (κ1) is 13.7. The van der Waals surface area contributed by atoms with Crippen LogP contribution in [0, 0.1) is 6.92 Å². The maximum atomic E-state index is 6.04. The fourth-order valence-electron chi connectivity index (χ4n) is 2.07. The van der Waals surface area contributed by atoms with Crippen LogP contribution in [0.4, 0.5) is 5.95 Å². The fourth-order valence-corrected chi connectivity index (χ4v) is 2.93. The molecule has 3 heterocycles. The molecule has 0 amide bonds. The van der Waals surface area contributed by atoms with Crippen molar-refractivity contribution in [3.63, 3.8) is 0 Å². The maximum Gasteiger partial charge on any atom is 0.230 e. The van der Waals surface area contributed by atoms with Crippen LogP contribution in [0.5, 0.6) is 0 Å². The van der Waals surface area contributed by atoms with Gasteiger partial charge >= 0.3 is 0 Å². The SMILES string of the molecule is Cc1ncc(-c2nc(Cl)nc(N3CCOC[C@@H]3C)n2)s1. The number of aromatic nitrogens is 4. The molecule has 0 aliphatic carbocycles. The predicted molar refractivity (Wildman–Crippen MR) is 78.3 cm³/mol. The zero-order valence-corrected chi connectivity index (χ0v) is 12.8. The topological polar surface area (TPSA) is 64.0 Å². The Hall–Kier alpha value is -1.31. The van der Waals surface area contributed by atoms with Crippen molar-refractivity contribution in [2.75, 3.05) is 24.7 Å². The van der Waals surface area contributed by atoms with Crippen molar-refractivity contribution < 1.29 is 4.74 Å². The van der Waals surface area contributed by atoms with Crippen LogP contribution in [0.15, 0.2) is 6.20 Å². The highest BCUT2D eigenvalue weighted by Crippen LogP contribution is 2.25. The molecule has 0 radical (unpaired) electrons. The molecule has 0 unspecified atom stereocenters. The summed E-state index contributed by atoms with van der Waals surface area (Å²) in [6, 6.07) is 0.221. The number of halogens is 1. The number of ether oxygens (including phenoxy) is 1. The predicted octanol–water partition coefficient (Wildman–Crippen LogP) is 2.18. The van der Waals surface area contributed by atoms with Crippen molar-refractivity contribution in [3.05, 3.63) is 16.5 Å². The van der Waals surface area contributed by atoms with Crippen molar-refractivity contribution >= 4 is 28.9 Å². The summed E-state index contributed by atoms with van der Waals surface area (Å²) >= 11 is 7.58. The molecule has 20 heavy (non-hydrogen) atoms. The number of aryl methyl sites for hydroxylation is 1. The van der Waals surface area contributed by atoms with Crippen LogP contribution in [0.2, 0.25) is 5.28 Å². The number of nitrogens with zero attached hydrogens (tertiary/aromatic N) is 5. The van der Waals surface area contributed by atoms with Gasteiger partial charge < -0.3 is 9.64 Å². The van der Waals surface area contributed by atoms with E-state index >= 15 is 0 Å². The number of morpholine rings is 1. The molecule has 1 aliphatic rings. The van der Waals surface area contributed by atoms with Gasteiger partial charge in [-0.1, -0.05) is 0 Å². The molecular formula is C12H14ClN5OS. The number of thiazole rings is 1. The smallest absolute Gasteiger partial charge is 0.230 e. The molecule has 3 rings (SSSR count). The van der Waals surface area contributed by atoms with Crippen LogP contribution in [0.3, 0.4) is 0 Å². The van der Waals surface area contributed by atoms with E-state index in [1.807, 2.05) is 6.92 Å². The normalized spacial score (nSPS) is 19.4. The molecule has 1 aliphatic heterocycles. The summed E-state index contributed by atoms with van der Waals surface area (Å²) in [6.07, 6.45) is 1.76. The molecule has 106 valence electrons. The molecule has 0 saturated carbocycles. The van der Waals surface area contributed by atoms with E-state index in [4.69, 9.17) is 16.3 Å². The minimum atomic E-state index is 0.203. The van der Waals surface area contributed by atoms with Crippen LogP contribution in [0.25, 0.3) is 10.7 Å². The van der Waals surface area contributed by atoms with E-state index in [9.17, 15) is 0 Å². The summed E-state index contributed by atoms with van der Waals surface area (Å²) < 4.78 is 5.43. The third-order valence-corrected chi connectivity index (χ3v) is 4.14. The summed E-state index contributed by atoms with van der Waals surface area (Å²) in [5.74, 6) is 1.17. The molecule has 0 bridgehead atoms. The largest absolute Gasteiger partial charge is 0.377 e. The van der Waals surface area contributed by atoms with Crippen molar-refractivity contribution in [1.82, 2.24) is 19.9 Å². The van der Waals surface area contributed by atoms with Gasteiger partial charge in [-0.25, -0.2) is 4.98 Å². The van der Waals surface area contributed by atoms with Crippen LogP contribution in [-0.2, 0) is 4.74 Å². The van der Waals surface area contributed by atoms with E-state index < -0.39 is 0 Å². The van der Waals surface area contributed by atoms with Gasteiger partial charge in [-0.05, 0) is 25.4 Å². The quantitative estimate of drug-likeness (QED) is 0.847. The van der Waals surface area contributed by atoms with Gasteiger partial charge in [0.2, 0.25) is 11.2 Å². The molecule has 6 nitrogen and oxygen atoms in total. The lowest BCUT2D eigenvalue weighted by Gasteiger charge is -2.33. The average molecular weight is 312 g/mol. The Labute approximate surface area is 125 Å². The van der Waals surface area contributed by atoms with Crippen LogP contribution in [0.1, 0.15) is 11.9 Å². The standard InChI is InChI=1S/C12H14ClN5OS/c1-7-6-19-4-3-18(7)12-16-10(15-11(13)17-12)9-5-14-8(2)20-9/h5,7H,3-4,6H2,1-2H3/t7-/m0/s1. The Morgan fingerprint density at radius 1 is 1.40 bits per heavy atom. The molecule has 1 saturated heterocycles. The van der Waals surface area contributed by atoms with Crippen LogP contribution < -0.4 is 4.90 Å². The third kappa shape index (κ3) is 2.74. The Balaban J connectivity index is 1.98. The van der Waals surface area contributed by atoms with E-state index in [0.29, 0.717) is 25.0 Å². The van der Waals surface area contributed by atoms with E-state index in [1.54, 1.807) is 6.20 Å². The molecule has 1 atom stereocenters. The lowest BCUT2D eigenvalue weighted by Crippen LogP contribution is -2.44. The molecule has 0 spiro atoms. The lowest BCUT2D eigenvalue weighted by molar-refractivity contribution is 0.0981. The van der Waals surface area contributed by atoms with Crippen LogP contribution >= 0.6 is 22.9 Å². The second kappa shape index (κ2) is 5.59. The summed E-state index contributed by atoms with van der Waals surface area (Å²) in [5, 5.41) is 1.17. The molecular weight excluding hydrogens is 298 g/mol. The van der Waals surface area contributed by atoms with E-state index in [1.165, 1.54) is 11.3 Å².